The quantitative estimate of drug-likeness (QED) is 0.929. The van der Waals surface area contributed by atoms with Crippen molar-refractivity contribution in [1.82, 2.24) is 19.9 Å². The minimum absolute atomic E-state index is 0.136. The molecule has 1 unspecified atom stereocenters. The first-order valence-electron chi connectivity index (χ1n) is 8.51. The van der Waals surface area contributed by atoms with Crippen LogP contribution in [-0.4, -0.2) is 40.1 Å². The van der Waals surface area contributed by atoms with Crippen LogP contribution in [0.25, 0.3) is 0 Å². The van der Waals surface area contributed by atoms with Gasteiger partial charge in [-0.15, -0.1) is 0 Å². The number of hydrogen-bond acceptors (Lipinski definition) is 6. The molecule has 0 radical (unpaired) electrons. The predicted octanol–water partition coefficient (Wildman–Crippen LogP) is 1.94. The van der Waals surface area contributed by atoms with E-state index in [1.165, 1.54) is 29.7 Å². The first kappa shape index (κ1) is 15.3. The fraction of sp³-hybridized carbons (Fsp3) is 0.500. The zero-order valence-electron chi connectivity index (χ0n) is 14.0. The van der Waals surface area contributed by atoms with Crippen molar-refractivity contribution in [2.45, 2.75) is 37.6 Å². The van der Waals surface area contributed by atoms with E-state index in [4.69, 9.17) is 10.5 Å². The van der Waals surface area contributed by atoms with Crippen molar-refractivity contribution in [3.05, 3.63) is 41.5 Å². The Morgan fingerprint density at radius 2 is 2.21 bits per heavy atom. The van der Waals surface area contributed by atoms with Crippen molar-refractivity contribution < 1.29 is 4.74 Å². The highest BCUT2D eigenvalue weighted by Gasteiger charge is 2.43. The van der Waals surface area contributed by atoms with Crippen molar-refractivity contribution in [3.63, 3.8) is 0 Å². The van der Waals surface area contributed by atoms with Crippen molar-refractivity contribution in [2.75, 3.05) is 25.9 Å². The number of aromatic nitrogens is 3. The Bertz CT molecular complexity index is 746. The lowest BCUT2D eigenvalue weighted by molar-refractivity contribution is 0.136. The average Bonchev–Trinajstić information content (AvgIpc) is 2.93. The molecule has 3 heterocycles. The van der Waals surface area contributed by atoms with E-state index in [9.17, 15) is 0 Å². The molecule has 2 aromatic heterocycles. The number of hydrogen-bond donors (Lipinski definition) is 1. The zero-order chi connectivity index (χ0) is 16.6. The van der Waals surface area contributed by atoms with E-state index in [1.54, 1.807) is 13.3 Å². The molecule has 1 atom stereocenters. The number of nitrogen functional groups attached to an aromatic ring is 1. The van der Waals surface area contributed by atoms with Crippen LogP contribution in [0.3, 0.4) is 0 Å². The van der Waals surface area contributed by atoms with E-state index in [2.05, 4.69) is 25.9 Å². The maximum absolute atomic E-state index is 5.85. The molecule has 2 aliphatic rings. The van der Waals surface area contributed by atoms with Crippen LogP contribution in [0.15, 0.2) is 24.7 Å². The highest BCUT2D eigenvalue weighted by atomic mass is 16.5. The molecule has 1 saturated heterocycles. The van der Waals surface area contributed by atoms with Gasteiger partial charge in [-0.3, -0.25) is 9.88 Å². The molecule has 0 aromatic carbocycles. The van der Waals surface area contributed by atoms with Crippen molar-refractivity contribution in [2.24, 2.45) is 0 Å². The van der Waals surface area contributed by atoms with Gasteiger partial charge in [-0.2, -0.15) is 0 Å². The maximum Gasteiger partial charge on any atom is 0.220 e. The van der Waals surface area contributed by atoms with Gasteiger partial charge in [0.25, 0.3) is 0 Å². The molecule has 0 bridgehead atoms. The van der Waals surface area contributed by atoms with Crippen LogP contribution in [0.1, 0.15) is 36.1 Å². The SMILES string of the molecule is COc1cncc(CN2CCCC3(CCc4cnc(N)nc43)C2)c1. The van der Waals surface area contributed by atoms with Gasteiger partial charge in [0.2, 0.25) is 5.95 Å². The van der Waals surface area contributed by atoms with Gasteiger partial charge in [-0.25, -0.2) is 9.97 Å². The second kappa shape index (κ2) is 6.02. The molecule has 0 amide bonds. The third-order valence-corrected chi connectivity index (χ3v) is 5.33. The maximum atomic E-state index is 5.85. The van der Waals surface area contributed by atoms with E-state index in [0.29, 0.717) is 5.95 Å². The molecule has 6 heteroatoms. The molecule has 126 valence electrons. The number of rotatable bonds is 3. The highest BCUT2D eigenvalue weighted by Crippen LogP contribution is 2.44. The second-order valence-electron chi connectivity index (χ2n) is 6.93. The normalized spacial score (nSPS) is 23.4. The summed E-state index contributed by atoms with van der Waals surface area (Å²) >= 11 is 0. The summed E-state index contributed by atoms with van der Waals surface area (Å²) in [6.07, 6.45) is 10.2. The fourth-order valence-corrected chi connectivity index (χ4v) is 4.23. The van der Waals surface area contributed by atoms with Crippen LogP contribution < -0.4 is 10.5 Å². The molecule has 6 nitrogen and oxygen atoms in total. The van der Waals surface area contributed by atoms with E-state index < -0.39 is 0 Å². The summed E-state index contributed by atoms with van der Waals surface area (Å²) in [5, 5.41) is 0. The molecule has 1 spiro atoms. The molecule has 4 rings (SSSR count). The van der Waals surface area contributed by atoms with Crippen molar-refractivity contribution in [3.8, 4) is 5.75 Å². The average molecular weight is 325 g/mol. The molecule has 0 saturated carbocycles. The van der Waals surface area contributed by atoms with Gasteiger partial charge in [-0.05, 0) is 49.4 Å². The Morgan fingerprint density at radius 1 is 1.29 bits per heavy atom. The number of nitrogens with two attached hydrogens (primary N) is 1. The third kappa shape index (κ3) is 2.71. The standard InChI is InChI=1S/C18H23N5O/c1-24-15-7-13(8-20-10-15)11-23-6-2-4-18(12-23)5-3-14-9-21-17(19)22-16(14)18/h7-10H,2-6,11-12H2,1H3,(H2,19,21,22). The summed E-state index contributed by atoms with van der Waals surface area (Å²) in [4.78, 5) is 15.5. The van der Waals surface area contributed by atoms with Gasteiger partial charge in [0.1, 0.15) is 5.75 Å². The Balaban J connectivity index is 1.56. The lowest BCUT2D eigenvalue weighted by Crippen LogP contribution is -2.45. The van der Waals surface area contributed by atoms with Gasteiger partial charge < -0.3 is 10.5 Å². The van der Waals surface area contributed by atoms with Crippen LogP contribution >= 0.6 is 0 Å². The molecule has 1 aliphatic heterocycles. The second-order valence-corrected chi connectivity index (χ2v) is 6.93. The first-order valence-corrected chi connectivity index (χ1v) is 8.51. The van der Waals surface area contributed by atoms with Gasteiger partial charge in [0, 0.05) is 30.9 Å². The van der Waals surface area contributed by atoms with E-state index in [1.807, 2.05) is 12.4 Å². The zero-order valence-corrected chi connectivity index (χ0v) is 14.0. The minimum Gasteiger partial charge on any atom is -0.495 e. The Morgan fingerprint density at radius 3 is 3.08 bits per heavy atom. The van der Waals surface area contributed by atoms with Crippen LogP contribution in [0.4, 0.5) is 5.95 Å². The lowest BCUT2D eigenvalue weighted by atomic mass is 9.77. The number of aryl methyl sites for hydroxylation is 1. The number of likely N-dealkylation sites (tertiary alicyclic amines) is 1. The number of methoxy groups -OCH3 is 1. The predicted molar refractivity (Wildman–Crippen MR) is 91.7 cm³/mol. The van der Waals surface area contributed by atoms with Gasteiger partial charge in [0.15, 0.2) is 0 Å². The lowest BCUT2D eigenvalue weighted by Gasteiger charge is -2.40. The summed E-state index contributed by atoms with van der Waals surface area (Å²) < 4.78 is 5.29. The Kier molecular flexibility index (Phi) is 3.84. The summed E-state index contributed by atoms with van der Waals surface area (Å²) in [5.41, 5.74) is 9.63. The monoisotopic (exact) mass is 325 g/mol. The van der Waals surface area contributed by atoms with Gasteiger partial charge >= 0.3 is 0 Å². The molecule has 24 heavy (non-hydrogen) atoms. The summed E-state index contributed by atoms with van der Waals surface area (Å²) in [5.74, 6) is 1.20. The number of piperidine rings is 1. The molecular weight excluding hydrogens is 302 g/mol. The fourth-order valence-electron chi connectivity index (χ4n) is 4.23. The summed E-state index contributed by atoms with van der Waals surface area (Å²) in [7, 11) is 1.68. The first-order chi connectivity index (χ1) is 11.7. The minimum atomic E-state index is 0.136. The highest BCUT2D eigenvalue weighted by molar-refractivity contribution is 5.37. The summed E-state index contributed by atoms with van der Waals surface area (Å²) in [6.45, 7) is 3.02. The topological polar surface area (TPSA) is 77.2 Å². The van der Waals surface area contributed by atoms with Crippen LogP contribution in [0.5, 0.6) is 5.75 Å². The number of anilines is 1. The molecule has 2 N–H and O–H groups in total. The summed E-state index contributed by atoms with van der Waals surface area (Å²) in [6, 6.07) is 2.07. The van der Waals surface area contributed by atoms with Gasteiger partial charge in [-0.1, -0.05) is 0 Å². The van der Waals surface area contributed by atoms with E-state index in [0.717, 1.165) is 38.2 Å². The van der Waals surface area contributed by atoms with Gasteiger partial charge in [0.05, 0.1) is 19.0 Å². The van der Waals surface area contributed by atoms with E-state index >= 15 is 0 Å². The number of pyridine rings is 1. The largest absolute Gasteiger partial charge is 0.495 e. The number of ether oxygens (including phenoxy) is 1. The van der Waals surface area contributed by atoms with E-state index in [-0.39, 0.29) is 5.41 Å². The van der Waals surface area contributed by atoms with Crippen LogP contribution in [-0.2, 0) is 18.4 Å². The molecular formula is C18H23N5O. The number of nitrogens with zero attached hydrogens (tertiary/aromatic N) is 4. The smallest absolute Gasteiger partial charge is 0.220 e. The van der Waals surface area contributed by atoms with Crippen molar-refractivity contribution >= 4 is 5.95 Å². The third-order valence-electron chi connectivity index (χ3n) is 5.33. The molecule has 1 fully saturated rings. The van der Waals surface area contributed by atoms with Crippen LogP contribution in [0, 0.1) is 0 Å². The number of fused-ring (bicyclic) bond motifs is 2. The molecule has 1 aliphatic carbocycles. The Hall–Kier alpha value is -2.21. The van der Waals surface area contributed by atoms with Crippen LogP contribution in [0.2, 0.25) is 0 Å². The van der Waals surface area contributed by atoms with Crippen molar-refractivity contribution in [1.29, 1.82) is 0 Å². The Labute approximate surface area is 142 Å². The molecule has 2 aromatic rings.